The predicted octanol–water partition coefficient (Wildman–Crippen LogP) is 4.32. The molecule has 2 saturated carbocycles. The molecule has 2 aromatic heterocycles. The number of alkyl halides is 4. The van der Waals surface area contributed by atoms with Crippen molar-refractivity contribution in [2.75, 3.05) is 0 Å². The third kappa shape index (κ3) is 9.20. The van der Waals surface area contributed by atoms with E-state index in [2.05, 4.69) is 15.4 Å². The Morgan fingerprint density at radius 1 is 1.29 bits per heavy atom. The third-order valence-electron chi connectivity index (χ3n) is 4.63. The minimum Gasteiger partial charge on any atom is -0.352 e. The van der Waals surface area contributed by atoms with E-state index in [9.17, 15) is 22.4 Å². The Labute approximate surface area is 179 Å². The number of hydrogen-bond acceptors (Lipinski definition) is 4. The van der Waals surface area contributed by atoms with E-state index in [0.717, 1.165) is 11.3 Å². The first-order valence-corrected chi connectivity index (χ1v) is 10.6. The zero-order valence-electron chi connectivity index (χ0n) is 18.0. The fraction of sp³-hybridized carbons (Fsp3) is 0.667. The second-order valence-electron chi connectivity index (χ2n) is 8.35. The van der Waals surface area contributed by atoms with Crippen molar-refractivity contribution in [2.24, 2.45) is 17.6 Å². The quantitative estimate of drug-likeness (QED) is 0.649. The van der Waals surface area contributed by atoms with E-state index < -0.39 is 18.3 Å². The second-order valence-corrected chi connectivity index (χ2v) is 8.35. The van der Waals surface area contributed by atoms with Gasteiger partial charge in [0.25, 0.3) is 0 Å². The SMILES string of the molecule is C1CC1.CC(C)C(F)F.NCc1cn2ncc(CNC(=O)CC3CC(F)(F)C3)cc2n1. The van der Waals surface area contributed by atoms with Crippen LogP contribution in [0.25, 0.3) is 5.65 Å². The Morgan fingerprint density at radius 3 is 2.39 bits per heavy atom. The van der Waals surface area contributed by atoms with E-state index in [4.69, 9.17) is 5.73 Å². The molecule has 0 aliphatic heterocycles. The maximum atomic E-state index is 12.7. The van der Waals surface area contributed by atoms with Crippen LogP contribution in [0.1, 0.15) is 63.6 Å². The topological polar surface area (TPSA) is 85.3 Å². The van der Waals surface area contributed by atoms with Gasteiger partial charge in [0.15, 0.2) is 5.65 Å². The summed E-state index contributed by atoms with van der Waals surface area (Å²) in [6.45, 7) is 3.62. The van der Waals surface area contributed by atoms with Gasteiger partial charge in [0.2, 0.25) is 18.3 Å². The number of aromatic nitrogens is 3. The van der Waals surface area contributed by atoms with Crippen LogP contribution in [0.3, 0.4) is 0 Å². The minimum atomic E-state index is -2.58. The summed E-state index contributed by atoms with van der Waals surface area (Å²) in [4.78, 5) is 16.0. The van der Waals surface area contributed by atoms with Gasteiger partial charge in [-0.2, -0.15) is 5.10 Å². The molecule has 2 fully saturated rings. The van der Waals surface area contributed by atoms with Crippen LogP contribution >= 0.6 is 0 Å². The van der Waals surface area contributed by atoms with Crippen molar-refractivity contribution in [3.8, 4) is 0 Å². The molecule has 0 bridgehead atoms. The predicted molar refractivity (Wildman–Crippen MR) is 110 cm³/mol. The van der Waals surface area contributed by atoms with E-state index in [-0.39, 0.29) is 31.1 Å². The zero-order chi connectivity index (χ0) is 23.0. The average Bonchev–Trinajstić information content (AvgIpc) is 3.51. The van der Waals surface area contributed by atoms with E-state index >= 15 is 0 Å². The first kappa shape index (κ1) is 25.0. The van der Waals surface area contributed by atoms with E-state index in [1.165, 1.54) is 33.1 Å². The lowest BCUT2D eigenvalue weighted by atomic mass is 9.79. The van der Waals surface area contributed by atoms with E-state index in [0.29, 0.717) is 18.7 Å². The van der Waals surface area contributed by atoms with Crippen LogP contribution in [0.5, 0.6) is 0 Å². The summed E-state index contributed by atoms with van der Waals surface area (Å²) in [6.07, 6.45) is 5.49. The highest BCUT2D eigenvalue weighted by atomic mass is 19.3. The van der Waals surface area contributed by atoms with E-state index in [1.807, 2.05) is 6.07 Å². The molecule has 2 aliphatic carbocycles. The third-order valence-corrected chi connectivity index (χ3v) is 4.63. The van der Waals surface area contributed by atoms with Crippen LogP contribution in [-0.2, 0) is 17.9 Å². The van der Waals surface area contributed by atoms with Crippen molar-refractivity contribution < 1.29 is 22.4 Å². The van der Waals surface area contributed by atoms with Gasteiger partial charge in [-0.15, -0.1) is 0 Å². The van der Waals surface area contributed by atoms with Crippen LogP contribution in [-0.4, -0.2) is 32.9 Å². The molecule has 0 aromatic carbocycles. The number of nitrogens with two attached hydrogens (primary N) is 1. The van der Waals surface area contributed by atoms with E-state index in [1.54, 1.807) is 16.9 Å². The normalized spacial score (nSPS) is 16.8. The highest BCUT2D eigenvalue weighted by Gasteiger charge is 2.45. The molecule has 2 heterocycles. The van der Waals surface area contributed by atoms with Crippen LogP contribution in [0.2, 0.25) is 0 Å². The van der Waals surface area contributed by atoms with Crippen molar-refractivity contribution in [2.45, 2.75) is 77.8 Å². The summed E-state index contributed by atoms with van der Waals surface area (Å²) >= 11 is 0. The lowest BCUT2D eigenvalue weighted by Gasteiger charge is -2.34. The molecule has 3 N–H and O–H groups in total. The summed E-state index contributed by atoms with van der Waals surface area (Å²) in [5, 5.41) is 6.91. The largest absolute Gasteiger partial charge is 0.352 e. The number of nitrogens with zero attached hydrogens (tertiary/aromatic N) is 3. The molecule has 0 spiro atoms. The first-order chi connectivity index (χ1) is 14.6. The van der Waals surface area contributed by atoms with Crippen LogP contribution in [0, 0.1) is 11.8 Å². The molecular weight excluding hydrogens is 414 g/mol. The van der Waals surface area contributed by atoms with Crippen molar-refractivity contribution in [3.63, 3.8) is 0 Å². The van der Waals surface area contributed by atoms with Gasteiger partial charge in [-0.05, 0) is 17.5 Å². The second kappa shape index (κ2) is 11.4. The fourth-order valence-corrected chi connectivity index (χ4v) is 2.62. The number of amides is 1. The lowest BCUT2D eigenvalue weighted by molar-refractivity contribution is -0.133. The number of halogens is 4. The maximum absolute atomic E-state index is 12.7. The van der Waals surface area contributed by atoms with Crippen LogP contribution < -0.4 is 11.1 Å². The molecule has 4 rings (SSSR count). The molecule has 10 heteroatoms. The molecule has 2 aliphatic rings. The summed E-state index contributed by atoms with van der Waals surface area (Å²) < 4.78 is 49.4. The number of hydrogen-bond donors (Lipinski definition) is 2. The molecule has 0 radical (unpaired) electrons. The van der Waals surface area contributed by atoms with Gasteiger partial charge in [0.05, 0.1) is 18.1 Å². The number of carbonyl (C=O) groups excluding carboxylic acids is 1. The monoisotopic (exact) mass is 445 g/mol. The highest BCUT2D eigenvalue weighted by Crippen LogP contribution is 2.43. The molecule has 31 heavy (non-hydrogen) atoms. The van der Waals surface area contributed by atoms with Gasteiger partial charge >= 0.3 is 0 Å². The smallest absolute Gasteiger partial charge is 0.248 e. The van der Waals surface area contributed by atoms with Gasteiger partial charge in [0.1, 0.15) is 0 Å². The summed E-state index contributed by atoms with van der Waals surface area (Å²) in [5.41, 5.74) is 7.71. The first-order valence-electron chi connectivity index (χ1n) is 10.6. The molecule has 174 valence electrons. The van der Waals surface area contributed by atoms with Gasteiger partial charge < -0.3 is 11.1 Å². The fourth-order valence-electron chi connectivity index (χ4n) is 2.62. The number of fused-ring (bicyclic) bond motifs is 1. The molecule has 0 unspecified atom stereocenters. The highest BCUT2D eigenvalue weighted by molar-refractivity contribution is 5.76. The molecule has 1 amide bonds. The zero-order valence-corrected chi connectivity index (χ0v) is 18.0. The molecule has 2 aromatic rings. The van der Waals surface area contributed by atoms with Gasteiger partial charge in [-0.3, -0.25) is 4.79 Å². The Hall–Kier alpha value is -2.23. The molecule has 6 nitrogen and oxygen atoms in total. The summed E-state index contributed by atoms with van der Waals surface area (Å²) in [6, 6.07) is 1.81. The van der Waals surface area contributed by atoms with Crippen LogP contribution in [0.4, 0.5) is 17.6 Å². The van der Waals surface area contributed by atoms with Crippen molar-refractivity contribution >= 4 is 11.6 Å². The molecule has 0 saturated heterocycles. The summed E-state index contributed by atoms with van der Waals surface area (Å²) in [7, 11) is 0. The van der Waals surface area contributed by atoms with Crippen molar-refractivity contribution in [1.82, 2.24) is 19.9 Å². The average molecular weight is 446 g/mol. The van der Waals surface area contributed by atoms with Crippen LogP contribution in [0.15, 0.2) is 18.5 Å². The van der Waals surface area contributed by atoms with Gasteiger partial charge in [0, 0.05) is 38.3 Å². The Kier molecular flexibility index (Phi) is 9.21. The van der Waals surface area contributed by atoms with Crippen molar-refractivity contribution in [3.05, 3.63) is 29.7 Å². The number of carbonyl (C=O) groups is 1. The minimum absolute atomic E-state index is 0.145. The Balaban J connectivity index is 0.000000317. The Morgan fingerprint density at radius 2 is 1.90 bits per heavy atom. The number of nitrogens with one attached hydrogen (secondary N) is 1. The standard InChI is InChI=1S/C14H17F2N5O.C4H8F2.C3H6/c15-14(16)3-9(4-14)2-13(22)18-6-10-1-12-20-11(5-17)8-21(12)19-7-10;1-3(2)4(5)6;1-2-3-1/h1,7-9H,2-6,17H2,(H,18,22);3-4H,1-2H3;1-3H2. The number of rotatable bonds is 6. The molecule has 0 atom stereocenters. The summed E-state index contributed by atoms with van der Waals surface area (Å²) in [5.74, 6) is -3.49. The van der Waals surface area contributed by atoms with Gasteiger partial charge in [-0.25, -0.2) is 27.1 Å². The Bertz CT molecular complexity index is 822. The lowest BCUT2D eigenvalue weighted by Crippen LogP contribution is -2.38. The number of imidazole rings is 1. The van der Waals surface area contributed by atoms with Gasteiger partial charge in [-0.1, -0.05) is 33.1 Å². The van der Waals surface area contributed by atoms with Crippen molar-refractivity contribution in [1.29, 1.82) is 0 Å². The molecular formula is C21H31F4N5O. The maximum Gasteiger partial charge on any atom is 0.248 e.